The van der Waals surface area contributed by atoms with Gasteiger partial charge in [-0.05, 0) is 31.0 Å². The fourth-order valence-corrected chi connectivity index (χ4v) is 3.37. The van der Waals surface area contributed by atoms with Crippen LogP contribution in [0.2, 0.25) is 5.15 Å². The third-order valence-corrected chi connectivity index (χ3v) is 4.32. The molecule has 1 fully saturated rings. The molecule has 2 rings (SSSR count). The Kier molecular flexibility index (Phi) is 4.32. The number of pyridine rings is 1. The van der Waals surface area contributed by atoms with E-state index in [-0.39, 0.29) is 0 Å². The maximum atomic E-state index is 11.9. The third kappa shape index (κ3) is 3.54. The smallest absolute Gasteiger partial charge is 0.129 e. The fourth-order valence-electron chi connectivity index (χ4n) is 1.86. The Hall–Kier alpha value is -0.450. The van der Waals surface area contributed by atoms with E-state index in [1.165, 1.54) is 6.42 Å². The van der Waals surface area contributed by atoms with E-state index >= 15 is 0 Å². The van der Waals surface area contributed by atoms with Crippen molar-refractivity contribution in [3.63, 3.8) is 0 Å². The van der Waals surface area contributed by atoms with E-state index in [4.69, 9.17) is 11.6 Å². The molecule has 0 saturated carbocycles. The summed E-state index contributed by atoms with van der Waals surface area (Å²) in [5.74, 6) is 1.31. The topological polar surface area (TPSA) is 42.0 Å². The zero-order chi connectivity index (χ0) is 11.4. The highest BCUT2D eigenvalue weighted by Gasteiger charge is 2.16. The van der Waals surface area contributed by atoms with Gasteiger partial charge in [-0.3, -0.25) is 4.21 Å². The summed E-state index contributed by atoms with van der Waals surface area (Å²) in [6.45, 7) is 1.06. The highest BCUT2D eigenvalue weighted by molar-refractivity contribution is 7.84. The maximum Gasteiger partial charge on any atom is 0.129 e. The Morgan fingerprint density at radius 2 is 2.44 bits per heavy atom. The second-order valence-corrected chi connectivity index (χ2v) is 5.92. The molecule has 0 bridgehead atoms. The van der Waals surface area contributed by atoms with Crippen LogP contribution in [0, 0.1) is 0 Å². The van der Waals surface area contributed by atoms with Crippen molar-refractivity contribution in [3.8, 4) is 0 Å². The molecule has 88 valence electrons. The minimum atomic E-state index is -0.813. The molecule has 1 saturated heterocycles. The first-order chi connectivity index (χ1) is 7.74. The summed E-state index contributed by atoms with van der Waals surface area (Å²) in [4.78, 5) is 3.98. The number of nitrogens with zero attached hydrogens (tertiary/aromatic N) is 1. The molecule has 0 aliphatic carbocycles. The molecule has 3 nitrogen and oxygen atoms in total. The molecule has 2 atom stereocenters. The van der Waals surface area contributed by atoms with E-state index in [0.717, 1.165) is 24.3 Å². The largest absolute Gasteiger partial charge is 0.313 e. The zero-order valence-electron chi connectivity index (χ0n) is 8.99. The lowest BCUT2D eigenvalue weighted by Crippen LogP contribution is -2.27. The van der Waals surface area contributed by atoms with Gasteiger partial charge in [0.15, 0.2) is 0 Å². The van der Waals surface area contributed by atoms with Gasteiger partial charge in [0.25, 0.3) is 0 Å². The molecule has 2 heterocycles. The molecule has 1 aliphatic heterocycles. The van der Waals surface area contributed by atoms with Crippen molar-refractivity contribution in [1.82, 2.24) is 10.3 Å². The van der Waals surface area contributed by atoms with E-state index < -0.39 is 10.8 Å². The van der Waals surface area contributed by atoms with E-state index in [9.17, 15) is 4.21 Å². The maximum absolute atomic E-state index is 11.9. The molecule has 1 aromatic rings. The fraction of sp³-hybridized carbons (Fsp3) is 0.545. The minimum Gasteiger partial charge on any atom is -0.313 e. The molecule has 1 aromatic heterocycles. The van der Waals surface area contributed by atoms with Gasteiger partial charge < -0.3 is 5.32 Å². The minimum absolute atomic E-state index is 0.432. The Bertz CT molecular complexity index is 363. The summed E-state index contributed by atoms with van der Waals surface area (Å²) < 4.78 is 11.9. The van der Waals surface area contributed by atoms with Crippen LogP contribution in [0.15, 0.2) is 18.3 Å². The van der Waals surface area contributed by atoms with Crippen molar-refractivity contribution in [2.24, 2.45) is 0 Å². The van der Waals surface area contributed by atoms with Gasteiger partial charge in [0.05, 0.1) is 5.75 Å². The van der Waals surface area contributed by atoms with Crippen LogP contribution < -0.4 is 5.32 Å². The predicted octanol–water partition coefficient (Wildman–Crippen LogP) is 1.74. The number of halogens is 1. The van der Waals surface area contributed by atoms with Crippen molar-refractivity contribution >= 4 is 22.4 Å². The summed E-state index contributed by atoms with van der Waals surface area (Å²) in [6.07, 6.45) is 4.04. The summed E-state index contributed by atoms with van der Waals surface area (Å²) in [7, 11) is -0.813. The molecular formula is C11H15ClN2OS. The lowest BCUT2D eigenvalue weighted by atomic mass is 10.3. The van der Waals surface area contributed by atoms with Gasteiger partial charge in [-0.15, -0.1) is 0 Å². The number of nitrogens with one attached hydrogen (secondary N) is 1. The van der Waals surface area contributed by atoms with Gasteiger partial charge in [-0.2, -0.15) is 0 Å². The standard InChI is InChI=1S/C11H15ClN2OS/c12-11-4-3-9(6-14-11)7-16(15)8-10-2-1-5-13-10/h3-4,6,10,13H,1-2,5,7-8H2/t10-,16+/m1/s1. The SMILES string of the molecule is O=[S@@](Cc1ccc(Cl)nc1)C[C@H]1CCCN1. The van der Waals surface area contributed by atoms with Crippen molar-refractivity contribution in [2.75, 3.05) is 12.3 Å². The van der Waals surface area contributed by atoms with E-state index in [1.807, 2.05) is 6.07 Å². The number of rotatable bonds is 4. The van der Waals surface area contributed by atoms with Crippen LogP contribution >= 0.6 is 11.6 Å². The molecule has 0 amide bonds. The van der Waals surface area contributed by atoms with Gasteiger partial charge in [0, 0.05) is 28.8 Å². The summed E-state index contributed by atoms with van der Waals surface area (Å²) in [5.41, 5.74) is 0.987. The number of hydrogen-bond donors (Lipinski definition) is 1. The highest BCUT2D eigenvalue weighted by Crippen LogP contribution is 2.10. The molecule has 5 heteroatoms. The molecular weight excluding hydrogens is 244 g/mol. The molecule has 0 aromatic carbocycles. The summed E-state index contributed by atoms with van der Waals surface area (Å²) >= 11 is 5.69. The average molecular weight is 259 g/mol. The van der Waals surface area contributed by atoms with Crippen LogP contribution in [0.3, 0.4) is 0 Å². The quantitative estimate of drug-likeness (QED) is 0.837. The van der Waals surface area contributed by atoms with Crippen LogP contribution in [0.1, 0.15) is 18.4 Å². The summed E-state index contributed by atoms with van der Waals surface area (Å²) in [5, 5.41) is 3.83. The monoisotopic (exact) mass is 258 g/mol. The average Bonchev–Trinajstić information content (AvgIpc) is 2.74. The molecule has 1 N–H and O–H groups in total. The van der Waals surface area contributed by atoms with Crippen LogP contribution in [0.5, 0.6) is 0 Å². The van der Waals surface area contributed by atoms with Crippen molar-refractivity contribution in [2.45, 2.75) is 24.6 Å². The van der Waals surface area contributed by atoms with Crippen LogP contribution in [0.4, 0.5) is 0 Å². The molecule has 0 unspecified atom stereocenters. The highest BCUT2D eigenvalue weighted by atomic mass is 35.5. The van der Waals surface area contributed by atoms with Gasteiger partial charge in [-0.1, -0.05) is 17.7 Å². The Morgan fingerprint density at radius 3 is 3.06 bits per heavy atom. The number of aromatic nitrogens is 1. The van der Waals surface area contributed by atoms with Gasteiger partial charge in [0.1, 0.15) is 5.15 Å². The van der Waals surface area contributed by atoms with Crippen molar-refractivity contribution < 1.29 is 4.21 Å². The third-order valence-electron chi connectivity index (χ3n) is 2.67. The van der Waals surface area contributed by atoms with Gasteiger partial charge in [0.2, 0.25) is 0 Å². The van der Waals surface area contributed by atoms with Gasteiger partial charge in [-0.25, -0.2) is 4.98 Å². The van der Waals surface area contributed by atoms with Crippen molar-refractivity contribution in [1.29, 1.82) is 0 Å². The number of hydrogen-bond acceptors (Lipinski definition) is 3. The Balaban J connectivity index is 1.84. The Morgan fingerprint density at radius 1 is 1.56 bits per heavy atom. The van der Waals surface area contributed by atoms with Crippen LogP contribution in [-0.4, -0.2) is 27.5 Å². The second kappa shape index (κ2) is 5.75. The first-order valence-corrected chi connectivity index (χ1v) is 7.29. The summed E-state index contributed by atoms with van der Waals surface area (Å²) in [6, 6.07) is 4.05. The molecule has 0 radical (unpaired) electrons. The molecule has 0 spiro atoms. The first kappa shape index (κ1) is 12.0. The van der Waals surface area contributed by atoms with Gasteiger partial charge >= 0.3 is 0 Å². The van der Waals surface area contributed by atoms with E-state index in [2.05, 4.69) is 10.3 Å². The lowest BCUT2D eigenvalue weighted by molar-refractivity contribution is 0.643. The van der Waals surface area contributed by atoms with Crippen molar-refractivity contribution in [3.05, 3.63) is 29.0 Å². The van der Waals surface area contributed by atoms with E-state index in [1.54, 1.807) is 12.3 Å². The predicted molar refractivity (Wildman–Crippen MR) is 67.0 cm³/mol. The Labute approximate surface area is 103 Å². The molecule has 1 aliphatic rings. The zero-order valence-corrected chi connectivity index (χ0v) is 10.6. The normalized spacial score (nSPS) is 22.2. The first-order valence-electron chi connectivity index (χ1n) is 5.43. The lowest BCUT2D eigenvalue weighted by Gasteiger charge is -2.09. The molecule has 16 heavy (non-hydrogen) atoms. The van der Waals surface area contributed by atoms with Crippen LogP contribution in [-0.2, 0) is 16.6 Å². The van der Waals surface area contributed by atoms with E-state index in [0.29, 0.717) is 16.9 Å². The second-order valence-electron chi connectivity index (χ2n) is 4.03. The van der Waals surface area contributed by atoms with Crippen LogP contribution in [0.25, 0.3) is 0 Å².